The van der Waals surface area contributed by atoms with Crippen molar-refractivity contribution >= 4 is 17.8 Å². The largest absolute Gasteiger partial charge is 0.478 e. The molecule has 0 saturated heterocycles. The molecule has 0 aliphatic carbocycles. The number of carbonyl (C=O) groups excluding carboxylic acids is 2. The number of imide groups is 1. The monoisotopic (exact) mass is 282 g/mol. The van der Waals surface area contributed by atoms with Crippen LogP contribution in [0.15, 0.2) is 42.7 Å². The minimum atomic E-state index is -1.05. The average molecular weight is 282 g/mol. The Kier molecular flexibility index (Phi) is 2.98. The summed E-state index contributed by atoms with van der Waals surface area (Å²) in [7, 11) is 0. The Morgan fingerprint density at radius 3 is 2.62 bits per heavy atom. The lowest BCUT2D eigenvalue weighted by Gasteiger charge is -2.14. The van der Waals surface area contributed by atoms with Gasteiger partial charge in [-0.2, -0.15) is 0 Å². The zero-order valence-corrected chi connectivity index (χ0v) is 10.8. The van der Waals surface area contributed by atoms with E-state index in [1.165, 1.54) is 30.6 Å². The molecule has 3 rings (SSSR count). The highest BCUT2D eigenvalue weighted by molar-refractivity contribution is 6.21. The van der Waals surface area contributed by atoms with Crippen molar-refractivity contribution in [1.29, 1.82) is 0 Å². The molecule has 1 aliphatic heterocycles. The van der Waals surface area contributed by atoms with E-state index in [0.29, 0.717) is 11.1 Å². The number of carboxylic acids is 1. The van der Waals surface area contributed by atoms with Crippen molar-refractivity contribution in [2.75, 3.05) is 0 Å². The van der Waals surface area contributed by atoms with Crippen LogP contribution in [0.4, 0.5) is 0 Å². The highest BCUT2D eigenvalue weighted by Gasteiger charge is 2.35. The Labute approximate surface area is 119 Å². The lowest BCUT2D eigenvalue weighted by Crippen LogP contribution is -2.29. The van der Waals surface area contributed by atoms with Gasteiger partial charge in [-0.05, 0) is 23.8 Å². The highest BCUT2D eigenvalue weighted by Crippen LogP contribution is 2.23. The van der Waals surface area contributed by atoms with Crippen molar-refractivity contribution in [3.05, 3.63) is 65.0 Å². The number of carbonyl (C=O) groups is 3. The van der Waals surface area contributed by atoms with Gasteiger partial charge >= 0.3 is 5.97 Å². The summed E-state index contributed by atoms with van der Waals surface area (Å²) < 4.78 is 0. The number of nitrogens with zero attached hydrogens (tertiary/aromatic N) is 2. The SMILES string of the molecule is O=C(O)c1cccc(CN2C(=O)c3ccncc3C2=O)c1. The molecule has 0 unspecified atom stereocenters. The van der Waals surface area contributed by atoms with Gasteiger partial charge in [0.1, 0.15) is 0 Å². The first-order valence-electron chi connectivity index (χ1n) is 6.20. The molecule has 1 aromatic carbocycles. The van der Waals surface area contributed by atoms with Gasteiger partial charge < -0.3 is 5.11 Å². The fraction of sp³-hybridized carbons (Fsp3) is 0.0667. The molecule has 1 aliphatic rings. The second-order valence-electron chi connectivity index (χ2n) is 4.62. The van der Waals surface area contributed by atoms with Gasteiger partial charge in [0.25, 0.3) is 11.8 Å². The summed E-state index contributed by atoms with van der Waals surface area (Å²) in [6.45, 7) is 0.0352. The molecule has 21 heavy (non-hydrogen) atoms. The van der Waals surface area contributed by atoms with E-state index in [4.69, 9.17) is 5.11 Å². The predicted octanol–water partition coefficient (Wildman–Crippen LogP) is 1.58. The number of aromatic carboxylic acids is 1. The van der Waals surface area contributed by atoms with Crippen LogP contribution in [0.3, 0.4) is 0 Å². The van der Waals surface area contributed by atoms with Crippen LogP contribution < -0.4 is 0 Å². The van der Waals surface area contributed by atoms with Gasteiger partial charge in [0.05, 0.1) is 23.2 Å². The van der Waals surface area contributed by atoms with Gasteiger partial charge in [-0.15, -0.1) is 0 Å². The zero-order valence-electron chi connectivity index (χ0n) is 10.8. The number of fused-ring (bicyclic) bond motifs is 1. The van der Waals surface area contributed by atoms with Gasteiger partial charge in [0.15, 0.2) is 0 Å². The number of hydrogen-bond donors (Lipinski definition) is 1. The Bertz CT molecular complexity index is 735. The topological polar surface area (TPSA) is 87.6 Å². The Morgan fingerprint density at radius 2 is 1.90 bits per heavy atom. The Balaban J connectivity index is 1.90. The Morgan fingerprint density at radius 1 is 1.14 bits per heavy atom. The molecule has 2 amide bonds. The number of benzene rings is 1. The molecule has 2 aromatic rings. The van der Waals surface area contributed by atoms with Crippen LogP contribution in [-0.2, 0) is 6.54 Å². The molecule has 6 nitrogen and oxygen atoms in total. The summed E-state index contributed by atoms with van der Waals surface area (Å²) >= 11 is 0. The van der Waals surface area contributed by atoms with E-state index in [0.717, 1.165) is 4.90 Å². The standard InChI is InChI=1S/C15H10N2O4/c18-13-11-4-5-16-7-12(11)14(19)17(13)8-9-2-1-3-10(6-9)15(20)21/h1-7H,8H2,(H,20,21). The second kappa shape index (κ2) is 4.82. The molecular weight excluding hydrogens is 272 g/mol. The van der Waals surface area contributed by atoms with Crippen molar-refractivity contribution in [3.8, 4) is 0 Å². The fourth-order valence-corrected chi connectivity index (χ4v) is 2.26. The van der Waals surface area contributed by atoms with Gasteiger partial charge in [-0.25, -0.2) is 4.79 Å². The van der Waals surface area contributed by atoms with Crippen LogP contribution in [0.25, 0.3) is 0 Å². The number of hydrogen-bond acceptors (Lipinski definition) is 4. The number of aromatic nitrogens is 1. The molecule has 1 N–H and O–H groups in total. The second-order valence-corrected chi connectivity index (χ2v) is 4.62. The van der Waals surface area contributed by atoms with E-state index in [2.05, 4.69) is 4.98 Å². The van der Waals surface area contributed by atoms with E-state index in [1.54, 1.807) is 12.1 Å². The molecule has 0 radical (unpaired) electrons. The Hall–Kier alpha value is -3.02. The number of carboxylic acid groups (broad SMARTS) is 1. The van der Waals surface area contributed by atoms with E-state index in [9.17, 15) is 14.4 Å². The number of amides is 2. The van der Waals surface area contributed by atoms with Crippen molar-refractivity contribution in [2.45, 2.75) is 6.54 Å². The van der Waals surface area contributed by atoms with Crippen LogP contribution >= 0.6 is 0 Å². The third kappa shape index (κ3) is 2.16. The third-order valence-corrected chi connectivity index (χ3v) is 3.29. The van der Waals surface area contributed by atoms with Crippen LogP contribution in [0.2, 0.25) is 0 Å². The van der Waals surface area contributed by atoms with Crippen molar-refractivity contribution in [3.63, 3.8) is 0 Å². The molecule has 104 valence electrons. The summed E-state index contributed by atoms with van der Waals surface area (Å²) in [5, 5.41) is 8.96. The van der Waals surface area contributed by atoms with E-state index < -0.39 is 17.8 Å². The third-order valence-electron chi connectivity index (χ3n) is 3.29. The van der Waals surface area contributed by atoms with Crippen LogP contribution in [0.5, 0.6) is 0 Å². The van der Waals surface area contributed by atoms with Crippen molar-refractivity contribution < 1.29 is 19.5 Å². The molecule has 1 aromatic heterocycles. The van der Waals surface area contributed by atoms with Gasteiger partial charge in [0.2, 0.25) is 0 Å². The van der Waals surface area contributed by atoms with Crippen LogP contribution in [-0.4, -0.2) is 32.8 Å². The van der Waals surface area contributed by atoms with Crippen LogP contribution in [0.1, 0.15) is 36.6 Å². The normalized spacial score (nSPS) is 13.4. The first kappa shape index (κ1) is 13.0. The lowest BCUT2D eigenvalue weighted by molar-refractivity contribution is 0.0641. The summed E-state index contributed by atoms with van der Waals surface area (Å²) in [6.07, 6.45) is 2.82. The number of rotatable bonds is 3. The maximum absolute atomic E-state index is 12.2. The molecule has 2 heterocycles. The summed E-state index contributed by atoms with van der Waals surface area (Å²) in [5.41, 5.74) is 1.30. The molecule has 0 spiro atoms. The predicted molar refractivity (Wildman–Crippen MR) is 71.8 cm³/mol. The molecule has 0 atom stereocenters. The number of pyridine rings is 1. The first-order valence-corrected chi connectivity index (χ1v) is 6.20. The van der Waals surface area contributed by atoms with E-state index in [1.807, 2.05) is 0 Å². The van der Waals surface area contributed by atoms with E-state index >= 15 is 0 Å². The molecule has 0 fully saturated rings. The first-order chi connectivity index (χ1) is 10.1. The minimum absolute atomic E-state index is 0.0352. The van der Waals surface area contributed by atoms with E-state index in [-0.39, 0.29) is 17.7 Å². The maximum atomic E-state index is 12.2. The minimum Gasteiger partial charge on any atom is -0.478 e. The fourth-order valence-electron chi connectivity index (χ4n) is 2.26. The molecule has 0 bridgehead atoms. The van der Waals surface area contributed by atoms with Crippen LogP contribution in [0, 0.1) is 0 Å². The van der Waals surface area contributed by atoms with Gasteiger partial charge in [-0.1, -0.05) is 12.1 Å². The average Bonchev–Trinajstić information content (AvgIpc) is 2.73. The van der Waals surface area contributed by atoms with Gasteiger partial charge in [-0.3, -0.25) is 19.5 Å². The summed E-state index contributed by atoms with van der Waals surface area (Å²) in [5.74, 6) is -1.86. The summed E-state index contributed by atoms with van der Waals surface area (Å²) in [6, 6.07) is 7.66. The van der Waals surface area contributed by atoms with Gasteiger partial charge in [0, 0.05) is 12.4 Å². The molecular formula is C15H10N2O4. The lowest BCUT2D eigenvalue weighted by atomic mass is 10.1. The smallest absolute Gasteiger partial charge is 0.335 e. The quantitative estimate of drug-likeness (QED) is 0.863. The highest BCUT2D eigenvalue weighted by atomic mass is 16.4. The molecule has 6 heteroatoms. The summed E-state index contributed by atoms with van der Waals surface area (Å²) in [4.78, 5) is 40.2. The maximum Gasteiger partial charge on any atom is 0.335 e. The zero-order chi connectivity index (χ0) is 15.0. The van der Waals surface area contributed by atoms with Crippen molar-refractivity contribution in [2.24, 2.45) is 0 Å². The van der Waals surface area contributed by atoms with Crippen molar-refractivity contribution in [1.82, 2.24) is 9.88 Å². The molecule has 0 saturated carbocycles.